The number of hydrogen-bond acceptors (Lipinski definition) is 3. The van der Waals surface area contributed by atoms with E-state index in [0.29, 0.717) is 30.4 Å². The van der Waals surface area contributed by atoms with Gasteiger partial charge in [0.25, 0.3) is 0 Å². The number of aromatic nitrogens is 3. The molecule has 2 heterocycles. The first-order valence-corrected chi connectivity index (χ1v) is 7.39. The van der Waals surface area contributed by atoms with Gasteiger partial charge < -0.3 is 10.3 Å². The fraction of sp³-hybridized carbons (Fsp3) is 0.235. The number of halogens is 1. The molecule has 1 amide bonds. The Morgan fingerprint density at radius 2 is 2.13 bits per heavy atom. The number of amides is 1. The van der Waals surface area contributed by atoms with Gasteiger partial charge >= 0.3 is 0 Å². The van der Waals surface area contributed by atoms with Crippen LogP contribution in [0.3, 0.4) is 0 Å². The van der Waals surface area contributed by atoms with Gasteiger partial charge in [0.2, 0.25) is 12.4 Å². The fourth-order valence-corrected chi connectivity index (χ4v) is 2.62. The number of carbonyl (C=O) groups excluding carboxylic acids is 1. The highest BCUT2D eigenvalue weighted by Gasteiger charge is 2.12. The van der Waals surface area contributed by atoms with Gasteiger partial charge in [-0.2, -0.15) is 4.39 Å². The van der Waals surface area contributed by atoms with E-state index in [2.05, 4.69) is 20.3 Å². The second-order valence-electron chi connectivity index (χ2n) is 5.44. The minimum absolute atomic E-state index is 0.290. The number of aromatic amines is 1. The SMILES string of the molecule is Cc1cc(-c2cccc3nc(C)c(F)nc23)[nH]c1CCNC=O. The first-order chi connectivity index (χ1) is 11.1. The number of hydrogen-bond donors (Lipinski definition) is 2. The molecule has 1 aromatic carbocycles. The monoisotopic (exact) mass is 312 g/mol. The Hall–Kier alpha value is -2.76. The van der Waals surface area contributed by atoms with E-state index in [0.717, 1.165) is 22.5 Å². The minimum atomic E-state index is -0.552. The number of H-pyrrole nitrogens is 1. The van der Waals surface area contributed by atoms with Crippen molar-refractivity contribution in [1.82, 2.24) is 20.3 Å². The van der Waals surface area contributed by atoms with Crippen molar-refractivity contribution >= 4 is 17.4 Å². The van der Waals surface area contributed by atoms with Gasteiger partial charge in [0, 0.05) is 29.9 Å². The number of rotatable bonds is 5. The topological polar surface area (TPSA) is 70.7 Å². The Morgan fingerprint density at radius 3 is 2.91 bits per heavy atom. The first kappa shape index (κ1) is 15.1. The van der Waals surface area contributed by atoms with E-state index in [4.69, 9.17) is 0 Å². The predicted octanol–water partition coefficient (Wildman–Crippen LogP) is 2.67. The van der Waals surface area contributed by atoms with Gasteiger partial charge in [-0.3, -0.25) is 4.79 Å². The summed E-state index contributed by atoms with van der Waals surface area (Å²) in [4.78, 5) is 22.0. The van der Waals surface area contributed by atoms with Crippen molar-refractivity contribution in [3.05, 3.63) is 47.2 Å². The number of fused-ring (bicyclic) bond motifs is 1. The van der Waals surface area contributed by atoms with Crippen LogP contribution < -0.4 is 5.32 Å². The lowest BCUT2D eigenvalue weighted by Gasteiger charge is -2.05. The van der Waals surface area contributed by atoms with Crippen molar-refractivity contribution in [3.8, 4) is 11.3 Å². The van der Waals surface area contributed by atoms with Crippen LogP contribution in [0.2, 0.25) is 0 Å². The molecular weight excluding hydrogens is 295 g/mol. The van der Waals surface area contributed by atoms with Crippen LogP contribution in [0.25, 0.3) is 22.3 Å². The third kappa shape index (κ3) is 2.92. The van der Waals surface area contributed by atoms with Gasteiger partial charge in [-0.05, 0) is 31.5 Å². The highest BCUT2D eigenvalue weighted by molar-refractivity contribution is 5.90. The summed E-state index contributed by atoms with van der Waals surface area (Å²) in [6.07, 6.45) is 1.39. The predicted molar refractivity (Wildman–Crippen MR) is 86.5 cm³/mol. The number of aryl methyl sites for hydroxylation is 2. The molecular formula is C17H17FN4O. The molecule has 0 unspecified atom stereocenters. The molecule has 0 atom stereocenters. The largest absolute Gasteiger partial charge is 0.358 e. The molecule has 2 N–H and O–H groups in total. The Balaban J connectivity index is 2.05. The normalized spacial score (nSPS) is 10.9. The summed E-state index contributed by atoms with van der Waals surface area (Å²) in [6.45, 7) is 4.16. The number of benzene rings is 1. The van der Waals surface area contributed by atoms with Crippen LogP contribution in [0, 0.1) is 19.8 Å². The molecule has 0 aliphatic carbocycles. The maximum absolute atomic E-state index is 13.8. The second kappa shape index (κ2) is 6.16. The number of para-hydroxylation sites is 1. The standard InChI is InChI=1S/C17H17FN4O/c1-10-8-15(21-13(10)6-7-19-9-23)12-4-3-5-14-16(12)22-17(18)11(2)20-14/h3-5,8-9,21H,6-7H2,1-2H3,(H,19,23). The highest BCUT2D eigenvalue weighted by atomic mass is 19.1. The number of nitrogens with one attached hydrogen (secondary N) is 2. The van der Waals surface area contributed by atoms with Crippen LogP contribution in [0.1, 0.15) is 17.0 Å². The van der Waals surface area contributed by atoms with E-state index >= 15 is 0 Å². The summed E-state index contributed by atoms with van der Waals surface area (Å²) in [5, 5.41) is 2.64. The van der Waals surface area contributed by atoms with E-state index in [-0.39, 0.29) is 5.69 Å². The van der Waals surface area contributed by atoms with Crippen LogP contribution in [0.4, 0.5) is 4.39 Å². The molecule has 0 radical (unpaired) electrons. The van der Waals surface area contributed by atoms with Crippen molar-refractivity contribution in [2.75, 3.05) is 6.54 Å². The van der Waals surface area contributed by atoms with Crippen molar-refractivity contribution in [3.63, 3.8) is 0 Å². The Bertz CT molecular complexity index is 872. The molecule has 3 rings (SSSR count). The summed E-state index contributed by atoms with van der Waals surface area (Å²) >= 11 is 0. The van der Waals surface area contributed by atoms with Gasteiger partial charge in [-0.25, -0.2) is 9.97 Å². The summed E-state index contributed by atoms with van der Waals surface area (Å²) < 4.78 is 13.8. The van der Waals surface area contributed by atoms with Crippen LogP contribution in [-0.2, 0) is 11.2 Å². The van der Waals surface area contributed by atoms with Crippen LogP contribution in [0.5, 0.6) is 0 Å². The van der Waals surface area contributed by atoms with Crippen molar-refractivity contribution in [1.29, 1.82) is 0 Å². The zero-order valence-electron chi connectivity index (χ0n) is 13.0. The van der Waals surface area contributed by atoms with Gasteiger partial charge in [0.1, 0.15) is 5.52 Å². The third-order valence-corrected chi connectivity index (χ3v) is 3.83. The molecule has 2 aromatic heterocycles. The molecule has 3 aromatic rings. The summed E-state index contributed by atoms with van der Waals surface area (Å²) in [7, 11) is 0. The molecule has 5 nitrogen and oxygen atoms in total. The van der Waals surface area contributed by atoms with E-state index in [1.807, 2.05) is 31.2 Å². The van der Waals surface area contributed by atoms with Gasteiger partial charge in [0.05, 0.1) is 11.2 Å². The van der Waals surface area contributed by atoms with Gasteiger partial charge in [-0.1, -0.05) is 12.1 Å². The highest BCUT2D eigenvalue weighted by Crippen LogP contribution is 2.28. The first-order valence-electron chi connectivity index (χ1n) is 7.39. The molecule has 0 spiro atoms. The van der Waals surface area contributed by atoms with Crippen molar-refractivity contribution in [2.24, 2.45) is 0 Å². The Labute approximate surface area is 133 Å². The lowest BCUT2D eigenvalue weighted by molar-refractivity contribution is -0.109. The molecule has 0 saturated carbocycles. The average Bonchev–Trinajstić information content (AvgIpc) is 2.89. The van der Waals surface area contributed by atoms with Crippen molar-refractivity contribution < 1.29 is 9.18 Å². The summed E-state index contributed by atoms with van der Waals surface area (Å²) in [5.74, 6) is -0.552. The second-order valence-corrected chi connectivity index (χ2v) is 5.44. The summed E-state index contributed by atoms with van der Waals surface area (Å²) in [6, 6.07) is 7.60. The molecule has 23 heavy (non-hydrogen) atoms. The van der Waals surface area contributed by atoms with E-state index in [9.17, 15) is 9.18 Å². The molecule has 0 fully saturated rings. The average molecular weight is 312 g/mol. The zero-order chi connectivity index (χ0) is 16.4. The summed E-state index contributed by atoms with van der Waals surface area (Å²) in [5.41, 5.74) is 5.29. The van der Waals surface area contributed by atoms with Crippen LogP contribution in [-0.4, -0.2) is 27.9 Å². The lowest BCUT2D eigenvalue weighted by Crippen LogP contribution is -2.14. The smallest absolute Gasteiger partial charge is 0.234 e. The zero-order valence-corrected chi connectivity index (χ0v) is 13.0. The van der Waals surface area contributed by atoms with Crippen LogP contribution in [0.15, 0.2) is 24.3 Å². The molecule has 0 bridgehead atoms. The maximum Gasteiger partial charge on any atom is 0.234 e. The Kier molecular flexibility index (Phi) is 4.06. The fourth-order valence-electron chi connectivity index (χ4n) is 2.62. The van der Waals surface area contributed by atoms with Crippen LogP contribution >= 0.6 is 0 Å². The minimum Gasteiger partial charge on any atom is -0.358 e. The maximum atomic E-state index is 13.8. The third-order valence-electron chi connectivity index (χ3n) is 3.83. The molecule has 0 aliphatic heterocycles. The quantitative estimate of drug-likeness (QED) is 0.562. The van der Waals surface area contributed by atoms with Crippen molar-refractivity contribution in [2.45, 2.75) is 20.3 Å². The van der Waals surface area contributed by atoms with Gasteiger partial charge in [0.15, 0.2) is 0 Å². The number of nitrogens with zero attached hydrogens (tertiary/aromatic N) is 2. The molecule has 118 valence electrons. The molecule has 6 heteroatoms. The van der Waals surface area contributed by atoms with E-state index in [1.165, 1.54) is 0 Å². The Morgan fingerprint density at radius 1 is 1.30 bits per heavy atom. The molecule has 0 saturated heterocycles. The molecule has 0 aliphatic rings. The number of carbonyl (C=O) groups is 1. The van der Waals surface area contributed by atoms with E-state index < -0.39 is 5.95 Å². The van der Waals surface area contributed by atoms with E-state index in [1.54, 1.807) is 6.92 Å². The lowest BCUT2D eigenvalue weighted by atomic mass is 10.1. The van der Waals surface area contributed by atoms with Gasteiger partial charge in [-0.15, -0.1) is 0 Å².